The highest BCUT2D eigenvalue weighted by molar-refractivity contribution is 9.10. The standard InChI is InChI=1S/C14H11BrO4/c15-10-2-4-12(16)9(7-10)5-8-1-3-13(17)11(6-8)14(18)19/h1-4,6-7,16-17H,5H2,(H,18,19). The molecule has 19 heavy (non-hydrogen) atoms. The van der Waals surface area contributed by atoms with E-state index in [0.29, 0.717) is 17.5 Å². The van der Waals surface area contributed by atoms with Crippen molar-refractivity contribution in [2.75, 3.05) is 0 Å². The van der Waals surface area contributed by atoms with E-state index in [1.807, 2.05) is 0 Å². The number of hydrogen-bond donors (Lipinski definition) is 3. The molecule has 0 saturated heterocycles. The lowest BCUT2D eigenvalue weighted by Crippen LogP contribution is -1.99. The number of carboxylic acid groups (broad SMARTS) is 1. The first-order chi connectivity index (χ1) is 8.97. The molecule has 0 aliphatic carbocycles. The highest BCUT2D eigenvalue weighted by Crippen LogP contribution is 2.26. The fourth-order valence-electron chi connectivity index (χ4n) is 1.78. The van der Waals surface area contributed by atoms with Crippen LogP contribution in [0.3, 0.4) is 0 Å². The monoisotopic (exact) mass is 322 g/mol. The lowest BCUT2D eigenvalue weighted by molar-refractivity contribution is 0.0693. The van der Waals surface area contributed by atoms with E-state index in [1.165, 1.54) is 12.1 Å². The van der Waals surface area contributed by atoms with Gasteiger partial charge in [-0.2, -0.15) is 0 Å². The molecular weight excluding hydrogens is 312 g/mol. The molecule has 0 atom stereocenters. The Kier molecular flexibility index (Phi) is 3.76. The molecule has 0 heterocycles. The summed E-state index contributed by atoms with van der Waals surface area (Å²) in [6, 6.07) is 9.42. The van der Waals surface area contributed by atoms with Gasteiger partial charge in [0.1, 0.15) is 17.1 Å². The quantitative estimate of drug-likeness (QED) is 0.811. The van der Waals surface area contributed by atoms with Crippen LogP contribution in [0.2, 0.25) is 0 Å². The van der Waals surface area contributed by atoms with E-state index in [1.54, 1.807) is 24.3 Å². The molecule has 3 N–H and O–H groups in total. The van der Waals surface area contributed by atoms with Crippen molar-refractivity contribution in [2.45, 2.75) is 6.42 Å². The largest absolute Gasteiger partial charge is 0.508 e. The van der Waals surface area contributed by atoms with Gasteiger partial charge >= 0.3 is 5.97 Å². The SMILES string of the molecule is O=C(O)c1cc(Cc2cc(Br)ccc2O)ccc1O. The van der Waals surface area contributed by atoms with Crippen molar-refractivity contribution in [3.63, 3.8) is 0 Å². The molecule has 0 aromatic heterocycles. The Labute approximate surface area is 118 Å². The summed E-state index contributed by atoms with van der Waals surface area (Å²) in [5, 5.41) is 28.1. The highest BCUT2D eigenvalue weighted by Gasteiger charge is 2.11. The number of hydrogen-bond acceptors (Lipinski definition) is 3. The number of phenols is 2. The number of carboxylic acids is 1. The Morgan fingerprint density at radius 3 is 2.42 bits per heavy atom. The molecule has 2 aromatic rings. The van der Waals surface area contributed by atoms with Crippen molar-refractivity contribution in [3.05, 3.63) is 57.6 Å². The predicted octanol–water partition coefficient (Wildman–Crippen LogP) is 3.15. The molecule has 0 saturated carbocycles. The summed E-state index contributed by atoms with van der Waals surface area (Å²) in [4.78, 5) is 10.9. The topological polar surface area (TPSA) is 77.8 Å². The molecule has 98 valence electrons. The van der Waals surface area contributed by atoms with Gasteiger partial charge in [-0.25, -0.2) is 4.79 Å². The summed E-state index contributed by atoms with van der Waals surface area (Å²) in [5.74, 6) is -1.30. The third kappa shape index (κ3) is 3.06. The van der Waals surface area contributed by atoms with Crippen molar-refractivity contribution in [3.8, 4) is 11.5 Å². The molecule has 0 unspecified atom stereocenters. The van der Waals surface area contributed by atoms with Crippen molar-refractivity contribution in [1.82, 2.24) is 0 Å². The molecular formula is C14H11BrO4. The zero-order valence-corrected chi connectivity index (χ0v) is 11.4. The molecule has 0 aliphatic heterocycles. The zero-order chi connectivity index (χ0) is 14.0. The summed E-state index contributed by atoms with van der Waals surface area (Å²) in [5.41, 5.74) is 1.23. The number of aromatic carboxylic acids is 1. The van der Waals surface area contributed by atoms with Gasteiger partial charge in [-0.1, -0.05) is 22.0 Å². The minimum Gasteiger partial charge on any atom is -0.508 e. The Bertz CT molecular complexity index is 637. The maximum atomic E-state index is 10.9. The zero-order valence-electron chi connectivity index (χ0n) is 9.80. The summed E-state index contributed by atoms with van der Waals surface area (Å²) < 4.78 is 0.831. The number of halogens is 1. The maximum Gasteiger partial charge on any atom is 0.339 e. The second kappa shape index (κ2) is 5.32. The first-order valence-corrected chi connectivity index (χ1v) is 6.29. The van der Waals surface area contributed by atoms with E-state index in [4.69, 9.17) is 5.11 Å². The van der Waals surface area contributed by atoms with Crippen LogP contribution in [0.15, 0.2) is 40.9 Å². The average Bonchev–Trinajstić information content (AvgIpc) is 2.36. The number of benzene rings is 2. The van der Waals surface area contributed by atoms with Crippen molar-refractivity contribution in [1.29, 1.82) is 0 Å². The van der Waals surface area contributed by atoms with Gasteiger partial charge in [0.2, 0.25) is 0 Å². The second-order valence-electron chi connectivity index (χ2n) is 4.11. The first-order valence-electron chi connectivity index (χ1n) is 5.50. The minimum absolute atomic E-state index is 0.146. The van der Waals surface area contributed by atoms with Crippen LogP contribution in [0.1, 0.15) is 21.5 Å². The van der Waals surface area contributed by atoms with Crippen molar-refractivity contribution < 1.29 is 20.1 Å². The van der Waals surface area contributed by atoms with Crippen LogP contribution in [0.4, 0.5) is 0 Å². The van der Waals surface area contributed by atoms with Gasteiger partial charge in [-0.05, 0) is 41.5 Å². The van der Waals surface area contributed by atoms with Gasteiger partial charge in [0.25, 0.3) is 0 Å². The van der Waals surface area contributed by atoms with Crippen LogP contribution < -0.4 is 0 Å². The summed E-state index contributed by atoms with van der Waals surface area (Å²) >= 11 is 3.31. The molecule has 0 spiro atoms. The number of rotatable bonds is 3. The van der Waals surface area contributed by atoms with Gasteiger partial charge in [-0.3, -0.25) is 0 Å². The van der Waals surface area contributed by atoms with Gasteiger partial charge in [-0.15, -0.1) is 0 Å². The van der Waals surface area contributed by atoms with Crippen LogP contribution in [0, 0.1) is 0 Å². The highest BCUT2D eigenvalue weighted by atomic mass is 79.9. The van der Waals surface area contributed by atoms with E-state index < -0.39 is 5.97 Å². The van der Waals surface area contributed by atoms with Crippen LogP contribution in [-0.4, -0.2) is 21.3 Å². The molecule has 0 fully saturated rings. The number of carbonyl (C=O) groups is 1. The van der Waals surface area contributed by atoms with Crippen LogP contribution in [0.25, 0.3) is 0 Å². The van der Waals surface area contributed by atoms with E-state index >= 15 is 0 Å². The van der Waals surface area contributed by atoms with E-state index in [0.717, 1.165) is 4.47 Å². The Morgan fingerprint density at radius 1 is 1.05 bits per heavy atom. The van der Waals surface area contributed by atoms with Crippen LogP contribution in [-0.2, 0) is 6.42 Å². The number of phenolic OH excluding ortho intramolecular Hbond substituents is 1. The van der Waals surface area contributed by atoms with E-state index in [2.05, 4.69) is 15.9 Å². The van der Waals surface area contributed by atoms with Crippen molar-refractivity contribution in [2.24, 2.45) is 0 Å². The maximum absolute atomic E-state index is 10.9. The summed E-state index contributed by atoms with van der Waals surface area (Å²) in [6.45, 7) is 0. The van der Waals surface area contributed by atoms with Gasteiger partial charge < -0.3 is 15.3 Å². The summed E-state index contributed by atoms with van der Waals surface area (Å²) in [7, 11) is 0. The Hall–Kier alpha value is -2.01. The minimum atomic E-state index is -1.18. The average molecular weight is 323 g/mol. The molecule has 0 radical (unpaired) electrons. The molecule has 0 amide bonds. The number of aromatic hydroxyl groups is 2. The third-order valence-electron chi connectivity index (χ3n) is 2.73. The van der Waals surface area contributed by atoms with Gasteiger partial charge in [0.05, 0.1) is 0 Å². The third-order valence-corrected chi connectivity index (χ3v) is 3.22. The predicted molar refractivity (Wildman–Crippen MR) is 73.7 cm³/mol. The fraction of sp³-hybridized carbons (Fsp3) is 0.0714. The second-order valence-corrected chi connectivity index (χ2v) is 5.02. The van der Waals surface area contributed by atoms with Gasteiger partial charge in [0.15, 0.2) is 0 Å². The first kappa shape index (κ1) is 13.4. The Balaban J connectivity index is 2.36. The molecule has 4 nitrogen and oxygen atoms in total. The normalized spacial score (nSPS) is 10.4. The van der Waals surface area contributed by atoms with Crippen LogP contribution in [0.5, 0.6) is 11.5 Å². The van der Waals surface area contributed by atoms with Gasteiger partial charge in [0, 0.05) is 10.9 Å². The lowest BCUT2D eigenvalue weighted by Gasteiger charge is -2.07. The lowest BCUT2D eigenvalue weighted by atomic mass is 10.0. The Morgan fingerprint density at radius 2 is 1.74 bits per heavy atom. The van der Waals surface area contributed by atoms with E-state index in [-0.39, 0.29) is 17.1 Å². The fourth-order valence-corrected chi connectivity index (χ4v) is 2.19. The smallest absolute Gasteiger partial charge is 0.339 e. The molecule has 2 aromatic carbocycles. The molecule has 0 aliphatic rings. The van der Waals surface area contributed by atoms with E-state index in [9.17, 15) is 15.0 Å². The van der Waals surface area contributed by atoms with Crippen molar-refractivity contribution >= 4 is 21.9 Å². The molecule has 2 rings (SSSR count). The summed E-state index contributed by atoms with van der Waals surface area (Å²) in [6.07, 6.45) is 0.381. The molecule has 0 bridgehead atoms. The van der Waals surface area contributed by atoms with Crippen LogP contribution >= 0.6 is 15.9 Å². The molecule has 5 heteroatoms.